The van der Waals surface area contributed by atoms with Crippen LogP contribution < -0.4 is 0 Å². The number of benzene rings is 2. The molecule has 0 N–H and O–H groups in total. The molecule has 1 aromatic heterocycles. The van der Waals surface area contributed by atoms with Crippen molar-refractivity contribution in [2.45, 2.75) is 38.3 Å². The van der Waals surface area contributed by atoms with E-state index in [-0.39, 0.29) is 5.91 Å². The second kappa shape index (κ2) is 9.43. The van der Waals surface area contributed by atoms with Gasteiger partial charge in [0.2, 0.25) is 11.1 Å². The highest BCUT2D eigenvalue weighted by molar-refractivity contribution is 7.99. The highest BCUT2D eigenvalue weighted by Crippen LogP contribution is 2.24. The molecule has 1 amide bonds. The van der Waals surface area contributed by atoms with Crippen LogP contribution in [0.1, 0.15) is 29.5 Å². The molecule has 30 heavy (non-hydrogen) atoms. The molecule has 4 rings (SSSR count). The van der Waals surface area contributed by atoms with Crippen LogP contribution in [0.15, 0.2) is 53.7 Å². The molecular weight excluding hydrogens is 394 g/mol. The second-order valence-corrected chi connectivity index (χ2v) is 8.96. The van der Waals surface area contributed by atoms with Crippen LogP contribution in [0.2, 0.25) is 0 Å². The fraction of sp³-hybridized carbons (Fsp3) is 0.391. The topological polar surface area (TPSA) is 63.9 Å². The monoisotopic (exact) mass is 421 g/mol. The standard InChI is InChI=1S/C23H27N5OS/c1-17-12-18(2)14-21(13-17)28-23(24-25-26-28)30-16-22(29)27-10-8-20(9-11-27)15-19-6-4-3-5-7-19/h3-7,12-14,20H,8-11,15-16H2,1-2H3. The third kappa shape index (κ3) is 5.08. The van der Waals surface area contributed by atoms with E-state index in [1.54, 1.807) is 4.68 Å². The zero-order valence-corrected chi connectivity index (χ0v) is 18.3. The maximum Gasteiger partial charge on any atom is 0.233 e. The zero-order chi connectivity index (χ0) is 20.9. The van der Waals surface area contributed by atoms with Gasteiger partial charge in [-0.2, -0.15) is 4.68 Å². The minimum absolute atomic E-state index is 0.160. The van der Waals surface area contributed by atoms with E-state index in [0.29, 0.717) is 16.8 Å². The van der Waals surface area contributed by atoms with E-state index in [1.807, 2.05) is 17.0 Å². The second-order valence-electron chi connectivity index (χ2n) is 8.02. The van der Waals surface area contributed by atoms with Gasteiger partial charge < -0.3 is 4.90 Å². The first kappa shape index (κ1) is 20.6. The summed E-state index contributed by atoms with van der Waals surface area (Å²) in [4.78, 5) is 14.7. The van der Waals surface area contributed by atoms with Gasteiger partial charge in [-0.25, -0.2) is 0 Å². The number of thioether (sulfide) groups is 1. The summed E-state index contributed by atoms with van der Waals surface area (Å²) in [6.45, 7) is 5.77. The molecule has 1 aliphatic heterocycles. The lowest BCUT2D eigenvalue weighted by Crippen LogP contribution is -2.39. The Balaban J connectivity index is 1.30. The van der Waals surface area contributed by atoms with Gasteiger partial charge in [0.05, 0.1) is 11.4 Å². The van der Waals surface area contributed by atoms with Gasteiger partial charge in [0.25, 0.3) is 0 Å². The van der Waals surface area contributed by atoms with E-state index in [0.717, 1.165) is 49.2 Å². The minimum atomic E-state index is 0.160. The molecule has 0 radical (unpaired) electrons. The molecule has 1 fully saturated rings. The van der Waals surface area contributed by atoms with Gasteiger partial charge in [-0.3, -0.25) is 4.79 Å². The van der Waals surface area contributed by atoms with Crippen molar-refractivity contribution in [2.24, 2.45) is 5.92 Å². The fourth-order valence-electron chi connectivity index (χ4n) is 4.06. The number of likely N-dealkylation sites (tertiary alicyclic amines) is 1. The molecule has 7 heteroatoms. The maximum atomic E-state index is 12.7. The van der Waals surface area contributed by atoms with E-state index in [4.69, 9.17) is 0 Å². The van der Waals surface area contributed by atoms with Crippen molar-refractivity contribution in [1.29, 1.82) is 0 Å². The van der Waals surface area contributed by atoms with Crippen LogP contribution in [-0.4, -0.2) is 49.9 Å². The third-order valence-corrected chi connectivity index (χ3v) is 6.46. The van der Waals surface area contributed by atoms with Gasteiger partial charge in [-0.1, -0.05) is 48.2 Å². The lowest BCUT2D eigenvalue weighted by molar-refractivity contribution is -0.129. The van der Waals surface area contributed by atoms with E-state index in [2.05, 4.69) is 65.8 Å². The van der Waals surface area contributed by atoms with Crippen molar-refractivity contribution >= 4 is 17.7 Å². The van der Waals surface area contributed by atoms with Crippen molar-refractivity contribution in [3.8, 4) is 5.69 Å². The van der Waals surface area contributed by atoms with Crippen LogP contribution in [0, 0.1) is 19.8 Å². The van der Waals surface area contributed by atoms with E-state index in [9.17, 15) is 4.79 Å². The van der Waals surface area contributed by atoms with Crippen molar-refractivity contribution in [3.63, 3.8) is 0 Å². The number of hydrogen-bond donors (Lipinski definition) is 0. The Morgan fingerprint density at radius 1 is 1.07 bits per heavy atom. The van der Waals surface area contributed by atoms with Gasteiger partial charge in [-0.05, 0) is 78.3 Å². The van der Waals surface area contributed by atoms with Crippen molar-refractivity contribution in [2.75, 3.05) is 18.8 Å². The van der Waals surface area contributed by atoms with Gasteiger partial charge in [0.15, 0.2) is 0 Å². The molecule has 0 unspecified atom stereocenters. The summed E-state index contributed by atoms with van der Waals surface area (Å²) in [6, 6.07) is 16.8. The molecule has 2 heterocycles. The average Bonchev–Trinajstić information content (AvgIpc) is 3.21. The molecule has 1 aliphatic rings. The third-order valence-electron chi connectivity index (χ3n) is 5.55. The molecule has 1 saturated heterocycles. The van der Waals surface area contributed by atoms with E-state index < -0.39 is 0 Å². The fourth-order valence-corrected chi connectivity index (χ4v) is 4.85. The predicted molar refractivity (Wildman–Crippen MR) is 119 cm³/mol. The molecule has 0 saturated carbocycles. The molecule has 0 aliphatic carbocycles. The first-order valence-electron chi connectivity index (χ1n) is 10.4. The van der Waals surface area contributed by atoms with Gasteiger partial charge in [0.1, 0.15) is 0 Å². The Kier molecular flexibility index (Phi) is 6.47. The predicted octanol–water partition coefficient (Wildman–Crippen LogP) is 3.85. The molecule has 0 atom stereocenters. The van der Waals surface area contributed by atoms with Gasteiger partial charge in [-0.15, -0.1) is 5.10 Å². The van der Waals surface area contributed by atoms with Crippen LogP contribution in [0.5, 0.6) is 0 Å². The maximum absolute atomic E-state index is 12.7. The van der Waals surface area contributed by atoms with Crippen LogP contribution in [0.25, 0.3) is 5.69 Å². The number of piperidine rings is 1. The van der Waals surface area contributed by atoms with Crippen molar-refractivity contribution in [1.82, 2.24) is 25.1 Å². The van der Waals surface area contributed by atoms with Crippen molar-refractivity contribution in [3.05, 3.63) is 65.2 Å². The number of carbonyl (C=O) groups is 1. The highest BCUT2D eigenvalue weighted by atomic mass is 32.2. The lowest BCUT2D eigenvalue weighted by atomic mass is 9.90. The number of tetrazole rings is 1. The summed E-state index contributed by atoms with van der Waals surface area (Å²) in [5, 5.41) is 12.7. The Bertz CT molecular complexity index is 976. The summed E-state index contributed by atoms with van der Waals surface area (Å²) in [6.07, 6.45) is 3.22. The Morgan fingerprint density at radius 3 is 2.47 bits per heavy atom. The van der Waals surface area contributed by atoms with Gasteiger partial charge >= 0.3 is 0 Å². The number of amides is 1. The summed E-state index contributed by atoms with van der Waals surface area (Å²) in [5.41, 5.74) is 4.63. The molecular formula is C23H27N5OS. The first-order valence-corrected chi connectivity index (χ1v) is 11.4. The lowest BCUT2D eigenvalue weighted by Gasteiger charge is -2.32. The molecule has 0 bridgehead atoms. The van der Waals surface area contributed by atoms with E-state index in [1.165, 1.54) is 17.3 Å². The minimum Gasteiger partial charge on any atom is -0.342 e. The number of carbonyl (C=O) groups excluding carboxylic acids is 1. The van der Waals surface area contributed by atoms with Crippen molar-refractivity contribution < 1.29 is 4.79 Å². The van der Waals surface area contributed by atoms with E-state index >= 15 is 0 Å². The average molecular weight is 422 g/mol. The normalized spacial score (nSPS) is 14.8. The van der Waals surface area contributed by atoms with Crippen LogP contribution >= 0.6 is 11.8 Å². The number of rotatable bonds is 6. The number of nitrogens with zero attached hydrogens (tertiary/aromatic N) is 5. The van der Waals surface area contributed by atoms with Crippen LogP contribution in [0.4, 0.5) is 0 Å². The van der Waals surface area contributed by atoms with Crippen LogP contribution in [0.3, 0.4) is 0 Å². The largest absolute Gasteiger partial charge is 0.342 e. The SMILES string of the molecule is Cc1cc(C)cc(-n2nnnc2SCC(=O)N2CCC(Cc3ccccc3)CC2)c1. The number of aryl methyl sites for hydroxylation is 2. The van der Waals surface area contributed by atoms with Gasteiger partial charge in [0, 0.05) is 13.1 Å². The quantitative estimate of drug-likeness (QED) is 0.566. The first-order chi connectivity index (χ1) is 14.6. The summed E-state index contributed by atoms with van der Waals surface area (Å²) < 4.78 is 1.71. The Hall–Kier alpha value is -2.67. The van der Waals surface area contributed by atoms with Crippen LogP contribution in [-0.2, 0) is 11.2 Å². The molecule has 3 aromatic rings. The molecule has 156 valence electrons. The molecule has 2 aromatic carbocycles. The summed E-state index contributed by atoms with van der Waals surface area (Å²) >= 11 is 1.40. The zero-order valence-electron chi connectivity index (χ0n) is 17.5. The smallest absolute Gasteiger partial charge is 0.233 e. The number of aromatic nitrogens is 4. The Morgan fingerprint density at radius 2 is 1.77 bits per heavy atom. The molecule has 6 nitrogen and oxygen atoms in total. The highest BCUT2D eigenvalue weighted by Gasteiger charge is 2.23. The Labute approximate surface area is 181 Å². The molecule has 0 spiro atoms. The number of hydrogen-bond acceptors (Lipinski definition) is 5. The summed E-state index contributed by atoms with van der Waals surface area (Å²) in [5.74, 6) is 1.17. The summed E-state index contributed by atoms with van der Waals surface area (Å²) in [7, 11) is 0.